The fourth-order valence-corrected chi connectivity index (χ4v) is 2.63. The van der Waals surface area contributed by atoms with Gasteiger partial charge in [-0.05, 0) is 40.9 Å². The van der Waals surface area contributed by atoms with Crippen molar-refractivity contribution in [2.75, 3.05) is 7.11 Å². The number of ether oxygens (including phenoxy) is 1. The minimum Gasteiger partial charge on any atom is -0.503 e. The van der Waals surface area contributed by atoms with Gasteiger partial charge < -0.3 is 14.9 Å². The Labute approximate surface area is 132 Å². The summed E-state index contributed by atoms with van der Waals surface area (Å²) in [5, 5.41) is 17.9. The number of rotatable bonds is 3. The van der Waals surface area contributed by atoms with Gasteiger partial charge in [-0.1, -0.05) is 19.3 Å². The van der Waals surface area contributed by atoms with Crippen molar-refractivity contribution in [3.63, 3.8) is 0 Å². The summed E-state index contributed by atoms with van der Waals surface area (Å²) < 4.78 is 5.28. The van der Waals surface area contributed by atoms with E-state index in [0.29, 0.717) is 16.3 Å². The lowest BCUT2D eigenvalue weighted by Gasteiger charge is -2.16. The average Bonchev–Trinajstić information content (AvgIpc) is 2.51. The van der Waals surface area contributed by atoms with E-state index >= 15 is 0 Å². The van der Waals surface area contributed by atoms with Crippen LogP contribution in [-0.4, -0.2) is 29.6 Å². The maximum absolute atomic E-state index is 10.4. The van der Waals surface area contributed by atoms with E-state index in [4.69, 9.17) is 9.84 Å². The molecule has 0 atom stereocenters. The molecule has 0 amide bonds. The number of hydrogen-bond acceptors (Lipinski definition) is 4. The van der Waals surface area contributed by atoms with Crippen molar-refractivity contribution < 1.29 is 24.5 Å². The molecular weight excluding hydrogens is 340 g/mol. The zero-order chi connectivity index (χ0) is 15.8. The third-order valence-corrected chi connectivity index (χ3v) is 3.97. The van der Waals surface area contributed by atoms with E-state index in [1.807, 2.05) is 0 Å². The van der Waals surface area contributed by atoms with Gasteiger partial charge in [0, 0.05) is 5.56 Å². The molecule has 1 saturated carbocycles. The molecule has 1 aromatic rings. The smallest absolute Gasteiger partial charge is 0.306 e. The first-order valence-electron chi connectivity index (χ1n) is 6.74. The highest BCUT2D eigenvalue weighted by molar-refractivity contribution is 9.10. The quantitative estimate of drug-likeness (QED) is 0.806. The summed E-state index contributed by atoms with van der Waals surface area (Å²) in [5.41, 5.74) is 0.455. The van der Waals surface area contributed by atoms with E-state index in [2.05, 4.69) is 15.9 Å². The molecule has 0 aromatic heterocycles. The molecule has 6 heteroatoms. The molecule has 1 aliphatic carbocycles. The van der Waals surface area contributed by atoms with Crippen molar-refractivity contribution >= 4 is 28.2 Å². The summed E-state index contributed by atoms with van der Waals surface area (Å²) in [4.78, 5) is 20.7. The Kier molecular flexibility index (Phi) is 7.22. The van der Waals surface area contributed by atoms with E-state index in [1.54, 1.807) is 0 Å². The molecule has 5 nitrogen and oxygen atoms in total. The van der Waals surface area contributed by atoms with Crippen LogP contribution in [0.15, 0.2) is 16.6 Å². The van der Waals surface area contributed by atoms with Crippen LogP contribution in [0.1, 0.15) is 42.5 Å². The average molecular weight is 359 g/mol. The summed E-state index contributed by atoms with van der Waals surface area (Å²) in [5.74, 6) is -0.344. The first-order chi connectivity index (χ1) is 9.99. The Morgan fingerprint density at radius 1 is 1.33 bits per heavy atom. The van der Waals surface area contributed by atoms with E-state index in [9.17, 15) is 14.7 Å². The van der Waals surface area contributed by atoms with Crippen LogP contribution in [0.4, 0.5) is 0 Å². The van der Waals surface area contributed by atoms with Crippen molar-refractivity contribution in [1.82, 2.24) is 0 Å². The molecule has 1 fully saturated rings. The summed E-state index contributed by atoms with van der Waals surface area (Å²) in [6, 6.07) is 2.98. The molecule has 0 bridgehead atoms. The molecule has 0 saturated heterocycles. The lowest BCUT2D eigenvalue weighted by molar-refractivity contribution is -0.142. The lowest BCUT2D eigenvalue weighted by Crippen LogP contribution is -2.16. The van der Waals surface area contributed by atoms with E-state index < -0.39 is 5.97 Å². The Morgan fingerprint density at radius 2 is 1.95 bits per heavy atom. The molecule has 0 heterocycles. The highest BCUT2D eigenvalue weighted by atomic mass is 79.9. The molecule has 0 spiro atoms. The number of aldehydes is 1. The van der Waals surface area contributed by atoms with Gasteiger partial charge in [0.2, 0.25) is 0 Å². The number of halogens is 1. The zero-order valence-corrected chi connectivity index (χ0v) is 13.4. The topological polar surface area (TPSA) is 83.8 Å². The number of carboxylic acids is 1. The molecule has 0 radical (unpaired) electrons. The zero-order valence-electron chi connectivity index (χ0n) is 11.8. The number of carbonyl (C=O) groups excluding carboxylic acids is 1. The number of carbonyl (C=O) groups is 2. The van der Waals surface area contributed by atoms with Crippen molar-refractivity contribution in [2.45, 2.75) is 32.1 Å². The second-order valence-corrected chi connectivity index (χ2v) is 5.70. The maximum Gasteiger partial charge on any atom is 0.306 e. The van der Waals surface area contributed by atoms with Crippen LogP contribution in [-0.2, 0) is 4.79 Å². The van der Waals surface area contributed by atoms with E-state index in [0.717, 1.165) is 25.7 Å². The van der Waals surface area contributed by atoms with E-state index in [-0.39, 0.29) is 17.4 Å². The van der Waals surface area contributed by atoms with Crippen LogP contribution in [0.2, 0.25) is 0 Å². The molecule has 116 valence electrons. The lowest BCUT2D eigenvalue weighted by atomic mass is 9.90. The molecular formula is C15H19BrO5. The highest BCUT2D eigenvalue weighted by Crippen LogP contribution is 2.34. The van der Waals surface area contributed by atoms with Gasteiger partial charge in [0.15, 0.2) is 11.5 Å². The number of hydrogen-bond donors (Lipinski definition) is 2. The molecule has 0 unspecified atom stereocenters. The molecule has 2 N–H and O–H groups in total. The van der Waals surface area contributed by atoms with Crippen LogP contribution < -0.4 is 4.74 Å². The normalized spacial score (nSPS) is 14.8. The first kappa shape index (κ1) is 17.5. The Morgan fingerprint density at radius 3 is 2.38 bits per heavy atom. The minimum atomic E-state index is -0.602. The van der Waals surface area contributed by atoms with Crippen LogP contribution >= 0.6 is 15.9 Å². The van der Waals surface area contributed by atoms with Gasteiger partial charge in [-0.25, -0.2) is 0 Å². The van der Waals surface area contributed by atoms with Crippen LogP contribution in [0.3, 0.4) is 0 Å². The molecule has 21 heavy (non-hydrogen) atoms. The number of aliphatic carboxylic acids is 1. The number of phenolic OH excluding ortho intramolecular Hbond substituents is 1. The second kappa shape index (κ2) is 8.67. The minimum absolute atomic E-state index is 0.00287. The number of carboxylic acid groups (broad SMARTS) is 1. The van der Waals surface area contributed by atoms with Gasteiger partial charge in [-0.3, -0.25) is 9.59 Å². The molecule has 0 aliphatic heterocycles. The SMILES string of the molecule is COc1cc(C=O)cc(Br)c1O.O=C(O)C1CCCCC1. The van der Waals surface area contributed by atoms with Gasteiger partial charge in [-0.15, -0.1) is 0 Å². The Hall–Kier alpha value is -1.56. The molecule has 1 aromatic carbocycles. The summed E-state index contributed by atoms with van der Waals surface area (Å²) in [6.45, 7) is 0. The third kappa shape index (κ3) is 5.38. The van der Waals surface area contributed by atoms with Crippen molar-refractivity contribution in [2.24, 2.45) is 5.92 Å². The molecule has 1 aliphatic rings. The molecule has 2 rings (SSSR count). The van der Waals surface area contributed by atoms with Crippen molar-refractivity contribution in [1.29, 1.82) is 0 Å². The van der Waals surface area contributed by atoms with Crippen LogP contribution in [0.5, 0.6) is 11.5 Å². The second-order valence-electron chi connectivity index (χ2n) is 4.84. The van der Waals surface area contributed by atoms with Crippen molar-refractivity contribution in [3.8, 4) is 11.5 Å². The van der Waals surface area contributed by atoms with Crippen LogP contribution in [0, 0.1) is 5.92 Å². The fraction of sp³-hybridized carbons (Fsp3) is 0.467. The summed E-state index contributed by atoms with van der Waals surface area (Å²) in [6.07, 6.45) is 5.93. The van der Waals surface area contributed by atoms with Gasteiger partial charge in [-0.2, -0.15) is 0 Å². The third-order valence-electron chi connectivity index (χ3n) is 3.36. The summed E-state index contributed by atoms with van der Waals surface area (Å²) in [7, 11) is 1.43. The number of benzene rings is 1. The van der Waals surface area contributed by atoms with Gasteiger partial charge in [0.25, 0.3) is 0 Å². The van der Waals surface area contributed by atoms with Gasteiger partial charge >= 0.3 is 5.97 Å². The van der Waals surface area contributed by atoms with Crippen molar-refractivity contribution in [3.05, 3.63) is 22.2 Å². The van der Waals surface area contributed by atoms with Crippen LogP contribution in [0.25, 0.3) is 0 Å². The predicted molar refractivity (Wildman–Crippen MR) is 82.0 cm³/mol. The standard InChI is InChI=1S/C8H7BrO3.C7H12O2/c1-12-7-3-5(4-10)2-6(9)8(7)11;8-7(9)6-4-2-1-3-5-6/h2-4,11H,1H3;6H,1-5H2,(H,8,9). The van der Waals surface area contributed by atoms with E-state index in [1.165, 1.54) is 25.7 Å². The van der Waals surface area contributed by atoms with Gasteiger partial charge in [0.1, 0.15) is 6.29 Å². The largest absolute Gasteiger partial charge is 0.503 e. The fourth-order valence-electron chi connectivity index (χ4n) is 2.17. The number of methoxy groups -OCH3 is 1. The maximum atomic E-state index is 10.4. The highest BCUT2D eigenvalue weighted by Gasteiger charge is 2.19. The van der Waals surface area contributed by atoms with Gasteiger partial charge in [0.05, 0.1) is 17.5 Å². The Balaban J connectivity index is 0.000000219. The number of aromatic hydroxyl groups is 1. The predicted octanol–water partition coefficient (Wildman–Crippen LogP) is 3.63. The monoisotopic (exact) mass is 358 g/mol. The Bertz CT molecular complexity index is 495. The first-order valence-corrected chi connectivity index (χ1v) is 7.53. The summed E-state index contributed by atoms with van der Waals surface area (Å²) >= 11 is 3.09. The number of phenols is 1.